The van der Waals surface area contributed by atoms with Gasteiger partial charge in [-0.15, -0.1) is 0 Å². The smallest absolute Gasteiger partial charge is 0.257 e. The molecular formula is C13H26N4O2S. The first kappa shape index (κ1) is 17.1. The molecule has 3 N–H and O–H groups in total. The minimum absolute atomic E-state index is 0.169. The number of H-pyrrole nitrogens is 1. The Labute approximate surface area is 121 Å². The molecule has 0 saturated heterocycles. The Morgan fingerprint density at radius 2 is 2.10 bits per heavy atom. The molecule has 0 aliphatic rings. The summed E-state index contributed by atoms with van der Waals surface area (Å²) in [6.07, 6.45) is 4.56. The van der Waals surface area contributed by atoms with Crippen molar-refractivity contribution in [2.24, 2.45) is 5.92 Å². The van der Waals surface area contributed by atoms with Crippen LogP contribution in [-0.2, 0) is 16.6 Å². The van der Waals surface area contributed by atoms with Crippen LogP contribution in [0.3, 0.4) is 0 Å². The van der Waals surface area contributed by atoms with Gasteiger partial charge < -0.3 is 5.32 Å². The van der Waals surface area contributed by atoms with Crippen LogP contribution in [0.2, 0.25) is 0 Å². The Balaban J connectivity index is 2.50. The molecule has 0 unspecified atom stereocenters. The molecule has 7 heteroatoms. The second-order valence-corrected chi connectivity index (χ2v) is 7.00. The van der Waals surface area contributed by atoms with Gasteiger partial charge in [-0.1, -0.05) is 33.6 Å². The van der Waals surface area contributed by atoms with Crippen LogP contribution in [-0.4, -0.2) is 31.7 Å². The van der Waals surface area contributed by atoms with Crippen LogP contribution < -0.4 is 10.0 Å². The van der Waals surface area contributed by atoms with Crippen molar-refractivity contribution >= 4 is 10.0 Å². The summed E-state index contributed by atoms with van der Waals surface area (Å²) in [7, 11) is -3.49. The summed E-state index contributed by atoms with van der Waals surface area (Å²) >= 11 is 0. The van der Waals surface area contributed by atoms with Gasteiger partial charge in [0, 0.05) is 18.7 Å². The molecule has 0 radical (unpaired) electrons. The highest BCUT2D eigenvalue weighted by molar-refractivity contribution is 7.89. The molecule has 0 bridgehead atoms. The largest absolute Gasteiger partial charge is 0.313 e. The number of aromatic amines is 1. The Kier molecular flexibility index (Phi) is 7.18. The number of hydrogen-bond acceptors (Lipinski definition) is 4. The number of sulfonamides is 1. The second-order valence-electron chi connectivity index (χ2n) is 5.29. The maximum atomic E-state index is 12.2. The summed E-state index contributed by atoms with van der Waals surface area (Å²) < 4.78 is 27.0. The zero-order valence-corrected chi connectivity index (χ0v) is 13.4. The van der Waals surface area contributed by atoms with Crippen molar-refractivity contribution in [3.63, 3.8) is 0 Å². The van der Waals surface area contributed by atoms with Crippen molar-refractivity contribution in [3.05, 3.63) is 11.8 Å². The highest BCUT2D eigenvalue weighted by Crippen LogP contribution is 2.12. The Morgan fingerprint density at radius 1 is 1.35 bits per heavy atom. The zero-order chi connectivity index (χ0) is 15.0. The summed E-state index contributed by atoms with van der Waals surface area (Å²) in [6, 6.07) is 0. The van der Waals surface area contributed by atoms with Crippen molar-refractivity contribution in [1.29, 1.82) is 0 Å². The van der Waals surface area contributed by atoms with Crippen LogP contribution in [0.25, 0.3) is 0 Å². The first-order valence-corrected chi connectivity index (χ1v) is 8.68. The molecule has 1 aromatic rings. The van der Waals surface area contributed by atoms with E-state index < -0.39 is 10.0 Å². The van der Waals surface area contributed by atoms with Crippen LogP contribution in [0.5, 0.6) is 0 Å². The molecule has 6 nitrogen and oxygen atoms in total. The maximum Gasteiger partial charge on any atom is 0.257 e. The van der Waals surface area contributed by atoms with Crippen molar-refractivity contribution in [3.8, 4) is 0 Å². The molecule has 0 aromatic carbocycles. The van der Waals surface area contributed by atoms with Crippen molar-refractivity contribution < 1.29 is 8.42 Å². The zero-order valence-electron chi connectivity index (χ0n) is 12.6. The minimum Gasteiger partial charge on any atom is -0.313 e. The van der Waals surface area contributed by atoms with Gasteiger partial charge >= 0.3 is 0 Å². The highest BCUT2D eigenvalue weighted by Gasteiger charge is 2.19. The third-order valence-electron chi connectivity index (χ3n) is 3.01. The third kappa shape index (κ3) is 5.60. The number of aromatic nitrogens is 2. The molecule has 0 atom stereocenters. The Hall–Kier alpha value is -0.920. The normalized spacial score (nSPS) is 12.2. The van der Waals surface area contributed by atoms with Crippen LogP contribution in [0, 0.1) is 5.92 Å². The Morgan fingerprint density at radius 3 is 2.75 bits per heavy atom. The van der Waals surface area contributed by atoms with Gasteiger partial charge in [0.1, 0.15) is 0 Å². The molecule has 0 spiro atoms. The fraction of sp³-hybridized carbons (Fsp3) is 0.769. The third-order valence-corrected chi connectivity index (χ3v) is 4.49. The van der Waals surface area contributed by atoms with E-state index in [1.807, 2.05) is 6.92 Å². The van der Waals surface area contributed by atoms with E-state index in [-0.39, 0.29) is 5.03 Å². The first-order chi connectivity index (χ1) is 9.47. The predicted molar refractivity (Wildman–Crippen MR) is 79.8 cm³/mol. The van der Waals surface area contributed by atoms with E-state index in [2.05, 4.69) is 34.1 Å². The van der Waals surface area contributed by atoms with Crippen LogP contribution in [0.15, 0.2) is 11.2 Å². The highest BCUT2D eigenvalue weighted by atomic mass is 32.2. The molecule has 20 heavy (non-hydrogen) atoms. The molecule has 0 saturated carbocycles. The van der Waals surface area contributed by atoms with Crippen molar-refractivity contribution in [2.45, 2.75) is 51.6 Å². The van der Waals surface area contributed by atoms with Crippen molar-refractivity contribution in [2.75, 3.05) is 13.1 Å². The summed E-state index contributed by atoms with van der Waals surface area (Å²) in [5.41, 5.74) is 0.668. The molecule has 116 valence electrons. The van der Waals surface area contributed by atoms with E-state index >= 15 is 0 Å². The summed E-state index contributed by atoms with van der Waals surface area (Å²) in [5.74, 6) is 0.658. The lowest BCUT2D eigenvalue weighted by Crippen LogP contribution is -2.27. The van der Waals surface area contributed by atoms with Gasteiger partial charge in [-0.05, 0) is 18.9 Å². The lowest BCUT2D eigenvalue weighted by Gasteiger charge is -2.08. The van der Waals surface area contributed by atoms with Gasteiger partial charge in [0.15, 0.2) is 5.03 Å². The molecule has 1 heterocycles. The first-order valence-electron chi connectivity index (χ1n) is 7.20. The van der Waals surface area contributed by atoms with Crippen LogP contribution in [0.4, 0.5) is 0 Å². The monoisotopic (exact) mass is 302 g/mol. The predicted octanol–water partition coefficient (Wildman–Crippen LogP) is 1.62. The summed E-state index contributed by atoms with van der Waals surface area (Å²) in [4.78, 5) is 0. The van der Waals surface area contributed by atoms with E-state index in [1.54, 1.807) is 6.20 Å². The van der Waals surface area contributed by atoms with Crippen molar-refractivity contribution in [1.82, 2.24) is 20.2 Å². The molecule has 0 aliphatic heterocycles. The van der Waals surface area contributed by atoms with Gasteiger partial charge in [-0.2, -0.15) is 5.10 Å². The number of unbranched alkanes of at least 4 members (excludes halogenated alkanes) is 1. The molecule has 0 aliphatic carbocycles. The van der Waals surface area contributed by atoms with E-state index in [1.165, 1.54) is 0 Å². The standard InChI is InChI=1S/C13H26N4O2S/c1-4-14-9-12-10-15-17-13(12)20(18,19)16-8-6-5-7-11(2)3/h10-11,14,16H,4-9H2,1-3H3,(H,15,17). The topological polar surface area (TPSA) is 86.9 Å². The molecular weight excluding hydrogens is 276 g/mol. The lowest BCUT2D eigenvalue weighted by atomic mass is 10.1. The van der Waals surface area contributed by atoms with Gasteiger partial charge in [0.25, 0.3) is 10.0 Å². The number of nitrogens with zero attached hydrogens (tertiary/aromatic N) is 1. The fourth-order valence-corrected chi connectivity index (χ4v) is 3.07. The number of hydrogen-bond donors (Lipinski definition) is 3. The second kappa shape index (κ2) is 8.39. The maximum absolute atomic E-state index is 12.2. The molecule has 1 rings (SSSR count). The SMILES string of the molecule is CCNCc1cn[nH]c1S(=O)(=O)NCCCCC(C)C. The minimum atomic E-state index is -3.49. The Bertz CT molecular complexity index is 482. The average molecular weight is 302 g/mol. The fourth-order valence-electron chi connectivity index (χ4n) is 1.87. The molecule has 1 aromatic heterocycles. The van der Waals surface area contributed by atoms with E-state index in [0.29, 0.717) is 24.6 Å². The van der Waals surface area contributed by atoms with Gasteiger partial charge in [-0.25, -0.2) is 13.1 Å². The molecule has 0 amide bonds. The quantitative estimate of drug-likeness (QED) is 0.573. The van der Waals surface area contributed by atoms with Gasteiger partial charge in [0.2, 0.25) is 0 Å². The number of rotatable bonds is 10. The summed E-state index contributed by atoms with van der Waals surface area (Å²) in [5, 5.41) is 9.67. The van der Waals surface area contributed by atoms with E-state index in [0.717, 1.165) is 25.8 Å². The summed E-state index contributed by atoms with van der Waals surface area (Å²) in [6.45, 7) is 8.06. The van der Waals surface area contributed by atoms with Crippen LogP contribution >= 0.6 is 0 Å². The van der Waals surface area contributed by atoms with E-state index in [9.17, 15) is 8.42 Å². The van der Waals surface area contributed by atoms with E-state index in [4.69, 9.17) is 0 Å². The van der Waals surface area contributed by atoms with Gasteiger partial charge in [-0.3, -0.25) is 5.10 Å². The van der Waals surface area contributed by atoms with Crippen LogP contribution in [0.1, 0.15) is 45.6 Å². The average Bonchev–Trinajstić information content (AvgIpc) is 2.84. The van der Waals surface area contributed by atoms with Gasteiger partial charge in [0.05, 0.1) is 6.20 Å². The molecule has 0 fully saturated rings. The lowest BCUT2D eigenvalue weighted by molar-refractivity contribution is 0.529. The number of nitrogens with one attached hydrogen (secondary N) is 3.